The summed E-state index contributed by atoms with van der Waals surface area (Å²) in [5, 5.41) is 7.96. The molecular weight excluding hydrogens is 322 g/mol. The number of rotatable bonds is 4. The van der Waals surface area contributed by atoms with E-state index >= 15 is 0 Å². The number of aryl methyl sites for hydroxylation is 1. The van der Waals surface area contributed by atoms with E-state index in [0.29, 0.717) is 18.8 Å². The van der Waals surface area contributed by atoms with E-state index in [0.717, 1.165) is 11.9 Å². The number of amides is 1. The highest BCUT2D eigenvalue weighted by Crippen LogP contribution is 2.21. The molecule has 23 heavy (non-hydrogen) atoms. The van der Waals surface area contributed by atoms with Gasteiger partial charge in [-0.3, -0.25) is 9.48 Å². The zero-order valence-corrected chi connectivity index (χ0v) is 13.6. The van der Waals surface area contributed by atoms with Gasteiger partial charge in [-0.15, -0.1) is 0 Å². The molecular formula is C13H17N5O4S. The molecule has 0 aliphatic carbocycles. The van der Waals surface area contributed by atoms with Crippen LogP contribution in [0.5, 0.6) is 0 Å². The Labute approximate surface area is 133 Å². The van der Waals surface area contributed by atoms with Crippen molar-refractivity contribution in [3.05, 3.63) is 35.5 Å². The predicted molar refractivity (Wildman–Crippen MR) is 80.1 cm³/mol. The molecule has 0 radical (unpaired) electrons. The van der Waals surface area contributed by atoms with Crippen molar-refractivity contribution in [2.75, 3.05) is 19.3 Å². The van der Waals surface area contributed by atoms with Crippen molar-refractivity contribution in [3.8, 4) is 0 Å². The predicted octanol–water partition coefficient (Wildman–Crippen LogP) is -0.0742. The molecule has 1 amide bonds. The average Bonchev–Trinajstić information content (AvgIpc) is 3.11. The number of carbonyl (C=O) groups is 1. The fraction of sp³-hybridized carbons (Fsp3) is 0.462. The van der Waals surface area contributed by atoms with Crippen LogP contribution in [0.4, 0.5) is 0 Å². The van der Waals surface area contributed by atoms with Crippen molar-refractivity contribution in [1.29, 1.82) is 0 Å². The number of sulfonamides is 1. The largest absolute Gasteiger partial charge is 0.361 e. The monoisotopic (exact) mass is 339 g/mol. The summed E-state index contributed by atoms with van der Waals surface area (Å²) in [6.45, 7) is 2.60. The van der Waals surface area contributed by atoms with Crippen molar-refractivity contribution in [1.82, 2.24) is 24.6 Å². The molecule has 0 bridgehead atoms. The van der Waals surface area contributed by atoms with Crippen LogP contribution in [0.25, 0.3) is 0 Å². The van der Waals surface area contributed by atoms with Gasteiger partial charge in [0.1, 0.15) is 5.76 Å². The molecule has 2 aromatic rings. The zero-order valence-electron chi connectivity index (χ0n) is 12.8. The van der Waals surface area contributed by atoms with E-state index in [1.165, 1.54) is 0 Å². The van der Waals surface area contributed by atoms with Gasteiger partial charge in [-0.2, -0.15) is 5.10 Å². The lowest BCUT2D eigenvalue weighted by molar-refractivity contribution is 0.0661. The van der Waals surface area contributed by atoms with Crippen molar-refractivity contribution >= 4 is 15.9 Å². The maximum Gasteiger partial charge on any atom is 0.276 e. The molecule has 1 unspecified atom stereocenters. The second kappa shape index (κ2) is 5.78. The van der Waals surface area contributed by atoms with E-state index in [2.05, 4.69) is 15.0 Å². The van der Waals surface area contributed by atoms with Crippen LogP contribution in [0.2, 0.25) is 0 Å². The number of nitrogens with one attached hydrogen (secondary N) is 1. The molecule has 124 valence electrons. The first kappa shape index (κ1) is 15.7. The summed E-state index contributed by atoms with van der Waals surface area (Å²) in [7, 11) is -3.32. The highest BCUT2D eigenvalue weighted by Gasteiger charge is 2.30. The SMILES string of the molecule is Cc1cc(C(=O)N2Cc3ccnn3C(CNS(C)(=O)=O)C2)no1. The summed E-state index contributed by atoms with van der Waals surface area (Å²) < 4.78 is 31.8. The van der Waals surface area contributed by atoms with Crippen molar-refractivity contribution in [2.24, 2.45) is 0 Å². The smallest absolute Gasteiger partial charge is 0.276 e. The normalized spacial score (nSPS) is 18.0. The molecule has 1 atom stereocenters. The quantitative estimate of drug-likeness (QED) is 0.834. The van der Waals surface area contributed by atoms with Gasteiger partial charge in [0.25, 0.3) is 5.91 Å². The van der Waals surface area contributed by atoms with Crippen LogP contribution in [0.15, 0.2) is 22.9 Å². The van der Waals surface area contributed by atoms with Gasteiger partial charge in [-0.25, -0.2) is 13.1 Å². The van der Waals surface area contributed by atoms with Crippen LogP contribution in [0, 0.1) is 6.92 Å². The summed E-state index contributed by atoms with van der Waals surface area (Å²) in [5.41, 5.74) is 1.08. The van der Waals surface area contributed by atoms with E-state index in [4.69, 9.17) is 4.52 Å². The van der Waals surface area contributed by atoms with Crippen molar-refractivity contribution in [3.63, 3.8) is 0 Å². The Kier molecular flexibility index (Phi) is 3.94. The molecule has 0 saturated heterocycles. The molecule has 3 heterocycles. The number of fused-ring (bicyclic) bond motifs is 1. The summed E-state index contributed by atoms with van der Waals surface area (Å²) >= 11 is 0. The van der Waals surface area contributed by atoms with Crippen LogP contribution in [-0.2, 0) is 16.6 Å². The molecule has 0 aromatic carbocycles. The number of aromatic nitrogens is 3. The van der Waals surface area contributed by atoms with Crippen LogP contribution in [0.3, 0.4) is 0 Å². The van der Waals surface area contributed by atoms with E-state index in [-0.39, 0.29) is 24.2 Å². The van der Waals surface area contributed by atoms with Gasteiger partial charge < -0.3 is 9.42 Å². The summed E-state index contributed by atoms with van der Waals surface area (Å²) in [4.78, 5) is 14.1. The fourth-order valence-corrected chi connectivity index (χ4v) is 3.07. The standard InChI is InChI=1S/C13H17N5O4S/c1-9-5-12(16-22-9)13(19)17-7-10-3-4-14-18(10)11(8-17)6-15-23(2,20)21/h3-5,11,15H,6-8H2,1-2H3. The third-order valence-corrected chi connectivity index (χ3v) is 4.29. The lowest BCUT2D eigenvalue weighted by Crippen LogP contribution is -2.45. The van der Waals surface area contributed by atoms with Gasteiger partial charge in [-0.1, -0.05) is 5.16 Å². The van der Waals surface area contributed by atoms with E-state index < -0.39 is 10.0 Å². The Morgan fingerprint density at radius 2 is 2.30 bits per heavy atom. The topological polar surface area (TPSA) is 110 Å². The molecule has 1 aliphatic heterocycles. The third-order valence-electron chi connectivity index (χ3n) is 3.60. The molecule has 1 aliphatic rings. The third kappa shape index (κ3) is 3.42. The first-order valence-electron chi connectivity index (χ1n) is 7.03. The van der Waals surface area contributed by atoms with Gasteiger partial charge >= 0.3 is 0 Å². The van der Waals surface area contributed by atoms with E-state index in [1.54, 1.807) is 34.8 Å². The Morgan fingerprint density at radius 1 is 1.52 bits per heavy atom. The summed E-state index contributed by atoms with van der Waals surface area (Å²) in [6.07, 6.45) is 2.73. The van der Waals surface area contributed by atoms with Gasteiger partial charge in [0, 0.05) is 25.4 Å². The molecule has 1 N–H and O–H groups in total. The minimum absolute atomic E-state index is 0.162. The maximum absolute atomic E-state index is 12.5. The van der Waals surface area contributed by atoms with Crippen LogP contribution < -0.4 is 4.72 Å². The van der Waals surface area contributed by atoms with E-state index in [1.807, 2.05) is 0 Å². The number of hydrogen-bond acceptors (Lipinski definition) is 6. The highest BCUT2D eigenvalue weighted by atomic mass is 32.2. The van der Waals surface area contributed by atoms with Crippen LogP contribution >= 0.6 is 0 Å². The number of nitrogens with zero attached hydrogens (tertiary/aromatic N) is 4. The Bertz CT molecular complexity index is 825. The molecule has 0 fully saturated rings. The molecule has 0 spiro atoms. The van der Waals surface area contributed by atoms with Crippen molar-refractivity contribution < 1.29 is 17.7 Å². The van der Waals surface area contributed by atoms with Crippen LogP contribution in [0.1, 0.15) is 28.0 Å². The first-order valence-corrected chi connectivity index (χ1v) is 8.92. The Balaban J connectivity index is 1.81. The Morgan fingerprint density at radius 3 is 2.96 bits per heavy atom. The fourth-order valence-electron chi connectivity index (χ4n) is 2.57. The lowest BCUT2D eigenvalue weighted by atomic mass is 10.1. The van der Waals surface area contributed by atoms with Gasteiger partial charge in [-0.05, 0) is 13.0 Å². The first-order chi connectivity index (χ1) is 10.8. The average molecular weight is 339 g/mol. The summed E-state index contributed by atoms with van der Waals surface area (Å²) in [6, 6.07) is 3.11. The maximum atomic E-state index is 12.5. The number of carbonyl (C=O) groups excluding carboxylic acids is 1. The molecule has 9 nitrogen and oxygen atoms in total. The van der Waals surface area contributed by atoms with Gasteiger partial charge in [0.15, 0.2) is 5.69 Å². The van der Waals surface area contributed by atoms with Gasteiger partial charge in [0.05, 0.1) is 24.5 Å². The second-order valence-electron chi connectivity index (χ2n) is 5.55. The zero-order chi connectivity index (χ0) is 16.6. The lowest BCUT2D eigenvalue weighted by Gasteiger charge is -2.33. The number of hydrogen-bond donors (Lipinski definition) is 1. The van der Waals surface area contributed by atoms with Gasteiger partial charge in [0.2, 0.25) is 10.0 Å². The highest BCUT2D eigenvalue weighted by molar-refractivity contribution is 7.88. The molecule has 10 heteroatoms. The van der Waals surface area contributed by atoms with Crippen molar-refractivity contribution in [2.45, 2.75) is 19.5 Å². The molecule has 3 rings (SSSR count). The van der Waals surface area contributed by atoms with E-state index in [9.17, 15) is 13.2 Å². The van der Waals surface area contributed by atoms with Crippen LogP contribution in [-0.4, -0.2) is 53.5 Å². The summed E-state index contributed by atoms with van der Waals surface area (Å²) in [5.74, 6) is 0.310. The minimum Gasteiger partial charge on any atom is -0.361 e. The minimum atomic E-state index is -3.32. The molecule has 0 saturated carbocycles. The molecule has 2 aromatic heterocycles. The second-order valence-corrected chi connectivity index (χ2v) is 7.38. The Hall–Kier alpha value is -2.20.